The van der Waals surface area contributed by atoms with Gasteiger partial charge in [0.15, 0.2) is 0 Å². The van der Waals surface area contributed by atoms with Crippen LogP contribution in [-0.4, -0.2) is 45.3 Å². The second-order valence-electron chi connectivity index (χ2n) is 6.14. The molecule has 8 heteroatoms. The fourth-order valence-corrected chi connectivity index (χ4v) is 3.50. The van der Waals surface area contributed by atoms with Gasteiger partial charge in [-0.1, -0.05) is 23.8 Å². The van der Waals surface area contributed by atoms with Crippen LogP contribution in [0.1, 0.15) is 21.5 Å². The molecule has 0 radical (unpaired) electrons. The maximum absolute atomic E-state index is 12.6. The second kappa shape index (κ2) is 8.32. The van der Waals surface area contributed by atoms with E-state index in [0.717, 1.165) is 15.4 Å². The van der Waals surface area contributed by atoms with Crippen LogP contribution in [0, 0.1) is 13.8 Å². The minimum atomic E-state index is -3.78. The van der Waals surface area contributed by atoms with E-state index in [1.807, 2.05) is 6.92 Å². The molecule has 2 aromatic rings. The van der Waals surface area contributed by atoms with Crippen molar-refractivity contribution in [3.8, 4) is 0 Å². The Balaban J connectivity index is 2.13. The molecule has 0 heterocycles. The number of esters is 1. The first kappa shape index (κ1) is 20.6. The lowest BCUT2D eigenvalue weighted by atomic mass is 10.1. The Labute approximate surface area is 159 Å². The van der Waals surface area contributed by atoms with E-state index >= 15 is 0 Å². The number of carbonyl (C=O) groups is 2. The summed E-state index contributed by atoms with van der Waals surface area (Å²) >= 11 is 0. The molecule has 1 N–H and O–H groups in total. The quantitative estimate of drug-likeness (QED) is 0.765. The van der Waals surface area contributed by atoms with E-state index in [1.54, 1.807) is 31.2 Å². The third kappa shape index (κ3) is 4.93. The Morgan fingerprint density at radius 2 is 1.70 bits per heavy atom. The number of benzene rings is 2. The normalized spacial score (nSPS) is 11.3. The molecular weight excluding hydrogens is 368 g/mol. The van der Waals surface area contributed by atoms with Gasteiger partial charge < -0.3 is 10.1 Å². The lowest BCUT2D eigenvalue weighted by Gasteiger charge is -2.17. The SMILES string of the molecule is COC(=O)c1ccc(C)c(NC(=O)CN(C)S(=O)(=O)c2ccc(C)cc2)c1. The minimum Gasteiger partial charge on any atom is -0.465 e. The number of carbonyl (C=O) groups excluding carboxylic acids is 2. The summed E-state index contributed by atoms with van der Waals surface area (Å²) in [6.07, 6.45) is 0. The molecular formula is C19H22N2O5S. The maximum Gasteiger partial charge on any atom is 0.337 e. The molecule has 0 bridgehead atoms. The topological polar surface area (TPSA) is 92.8 Å². The Morgan fingerprint density at radius 1 is 1.07 bits per heavy atom. The largest absolute Gasteiger partial charge is 0.465 e. The third-order valence-corrected chi connectivity index (χ3v) is 5.85. The van der Waals surface area contributed by atoms with Crippen molar-refractivity contribution in [3.63, 3.8) is 0 Å². The summed E-state index contributed by atoms with van der Waals surface area (Å²) in [5.41, 5.74) is 2.39. The third-order valence-electron chi connectivity index (χ3n) is 4.03. The van der Waals surface area contributed by atoms with Crippen molar-refractivity contribution in [3.05, 3.63) is 59.2 Å². The van der Waals surface area contributed by atoms with E-state index in [-0.39, 0.29) is 11.4 Å². The predicted molar refractivity (Wildman–Crippen MR) is 102 cm³/mol. The molecule has 27 heavy (non-hydrogen) atoms. The molecule has 0 saturated carbocycles. The van der Waals surface area contributed by atoms with Crippen LogP contribution in [0.5, 0.6) is 0 Å². The van der Waals surface area contributed by atoms with Gasteiger partial charge in [-0.25, -0.2) is 13.2 Å². The first-order valence-corrected chi connectivity index (χ1v) is 9.61. The zero-order chi connectivity index (χ0) is 20.2. The average molecular weight is 390 g/mol. The van der Waals surface area contributed by atoms with Gasteiger partial charge in [0, 0.05) is 12.7 Å². The molecule has 2 rings (SSSR count). The number of aryl methyl sites for hydroxylation is 2. The fraction of sp³-hybridized carbons (Fsp3) is 0.263. The van der Waals surface area contributed by atoms with Crippen LogP contribution in [0.2, 0.25) is 0 Å². The molecule has 0 spiro atoms. The van der Waals surface area contributed by atoms with Crippen LogP contribution in [-0.2, 0) is 19.6 Å². The molecule has 144 valence electrons. The van der Waals surface area contributed by atoms with Crippen LogP contribution >= 0.6 is 0 Å². The van der Waals surface area contributed by atoms with Gasteiger partial charge in [-0.15, -0.1) is 0 Å². The van der Waals surface area contributed by atoms with Crippen molar-refractivity contribution < 1.29 is 22.7 Å². The molecule has 0 saturated heterocycles. The number of ether oxygens (including phenoxy) is 1. The number of rotatable bonds is 6. The summed E-state index contributed by atoms with van der Waals surface area (Å²) in [6.45, 7) is 3.26. The first-order valence-electron chi connectivity index (χ1n) is 8.17. The standard InChI is InChI=1S/C19H22N2O5S/c1-13-5-9-16(10-6-13)27(24,25)21(3)12-18(22)20-17-11-15(19(23)26-4)8-7-14(17)2/h5-11H,12H2,1-4H3,(H,20,22). The van der Waals surface area contributed by atoms with Crippen LogP contribution in [0.15, 0.2) is 47.4 Å². The Bertz CT molecular complexity index is 953. The molecule has 0 unspecified atom stereocenters. The van der Waals surface area contributed by atoms with Gasteiger partial charge >= 0.3 is 5.97 Å². The number of hydrogen-bond acceptors (Lipinski definition) is 5. The van der Waals surface area contributed by atoms with Crippen LogP contribution < -0.4 is 5.32 Å². The molecule has 0 fully saturated rings. The Morgan fingerprint density at radius 3 is 2.30 bits per heavy atom. The van der Waals surface area contributed by atoms with Crippen molar-refractivity contribution in [1.82, 2.24) is 4.31 Å². The van der Waals surface area contributed by atoms with E-state index in [2.05, 4.69) is 10.1 Å². The number of hydrogen-bond donors (Lipinski definition) is 1. The zero-order valence-corrected chi connectivity index (χ0v) is 16.5. The summed E-state index contributed by atoms with van der Waals surface area (Å²) < 4.78 is 30.8. The monoisotopic (exact) mass is 390 g/mol. The summed E-state index contributed by atoms with van der Waals surface area (Å²) in [5.74, 6) is -1.04. The summed E-state index contributed by atoms with van der Waals surface area (Å²) in [5, 5.41) is 2.64. The van der Waals surface area contributed by atoms with Gasteiger partial charge in [0.2, 0.25) is 15.9 Å². The highest BCUT2D eigenvalue weighted by atomic mass is 32.2. The number of nitrogens with zero attached hydrogens (tertiary/aromatic N) is 1. The van der Waals surface area contributed by atoms with Crippen molar-refractivity contribution in [2.45, 2.75) is 18.7 Å². The number of sulfonamides is 1. The molecule has 0 aliphatic carbocycles. The number of anilines is 1. The average Bonchev–Trinajstić information content (AvgIpc) is 2.63. The lowest BCUT2D eigenvalue weighted by molar-refractivity contribution is -0.116. The number of amides is 1. The van der Waals surface area contributed by atoms with Crippen LogP contribution in [0.25, 0.3) is 0 Å². The van der Waals surface area contributed by atoms with Crippen molar-refractivity contribution in [1.29, 1.82) is 0 Å². The number of nitrogens with one attached hydrogen (secondary N) is 1. The van der Waals surface area contributed by atoms with Gasteiger partial charge in [-0.05, 0) is 43.7 Å². The van der Waals surface area contributed by atoms with Gasteiger partial charge in [0.1, 0.15) is 0 Å². The molecule has 0 atom stereocenters. The number of likely N-dealkylation sites (N-methyl/N-ethyl adjacent to an activating group) is 1. The van der Waals surface area contributed by atoms with Crippen molar-refractivity contribution >= 4 is 27.6 Å². The van der Waals surface area contributed by atoms with Gasteiger partial charge in [0.05, 0.1) is 24.1 Å². The molecule has 1 amide bonds. The van der Waals surface area contributed by atoms with E-state index in [4.69, 9.17) is 0 Å². The summed E-state index contributed by atoms with van der Waals surface area (Å²) in [4.78, 5) is 24.1. The minimum absolute atomic E-state index is 0.118. The van der Waals surface area contributed by atoms with Crippen molar-refractivity contribution in [2.75, 3.05) is 26.0 Å². The van der Waals surface area contributed by atoms with Gasteiger partial charge in [-0.2, -0.15) is 4.31 Å². The van der Waals surface area contributed by atoms with Gasteiger partial charge in [0.25, 0.3) is 0 Å². The van der Waals surface area contributed by atoms with E-state index in [9.17, 15) is 18.0 Å². The lowest BCUT2D eigenvalue weighted by Crippen LogP contribution is -2.35. The van der Waals surface area contributed by atoms with E-state index in [0.29, 0.717) is 11.3 Å². The first-order chi connectivity index (χ1) is 12.6. The number of methoxy groups -OCH3 is 1. The predicted octanol–water partition coefficient (Wildman–Crippen LogP) is 2.35. The summed E-state index contributed by atoms with van der Waals surface area (Å²) in [7, 11) is -1.17. The van der Waals surface area contributed by atoms with Crippen LogP contribution in [0.4, 0.5) is 5.69 Å². The fourth-order valence-electron chi connectivity index (χ4n) is 2.37. The molecule has 0 aliphatic rings. The van der Waals surface area contributed by atoms with E-state index in [1.165, 1.54) is 32.4 Å². The smallest absolute Gasteiger partial charge is 0.337 e. The highest BCUT2D eigenvalue weighted by molar-refractivity contribution is 7.89. The maximum atomic E-state index is 12.6. The summed E-state index contributed by atoms with van der Waals surface area (Å²) in [6, 6.07) is 11.2. The molecule has 0 aromatic heterocycles. The molecule has 2 aromatic carbocycles. The van der Waals surface area contributed by atoms with Gasteiger partial charge in [-0.3, -0.25) is 4.79 Å². The molecule has 7 nitrogen and oxygen atoms in total. The van der Waals surface area contributed by atoms with Crippen molar-refractivity contribution in [2.24, 2.45) is 0 Å². The van der Waals surface area contributed by atoms with E-state index < -0.39 is 21.9 Å². The molecule has 0 aliphatic heterocycles. The van der Waals surface area contributed by atoms with Crippen LogP contribution in [0.3, 0.4) is 0 Å². The Hall–Kier alpha value is -2.71. The highest BCUT2D eigenvalue weighted by Gasteiger charge is 2.23. The zero-order valence-electron chi connectivity index (χ0n) is 15.6. The highest BCUT2D eigenvalue weighted by Crippen LogP contribution is 2.19. The Kier molecular flexibility index (Phi) is 6.35. The second-order valence-corrected chi connectivity index (χ2v) is 8.19.